The summed E-state index contributed by atoms with van der Waals surface area (Å²) in [5.41, 5.74) is 1.43. The Bertz CT molecular complexity index is 1060. The first-order chi connectivity index (χ1) is 13.7. The normalized spacial score (nSPS) is 14.1. The highest BCUT2D eigenvalue weighted by atomic mass is 19.1. The lowest BCUT2D eigenvalue weighted by Gasteiger charge is -2.23. The largest absolute Gasteiger partial charge is 0.486 e. The van der Waals surface area contributed by atoms with Crippen LogP contribution in [0, 0.1) is 5.82 Å². The molecule has 8 heteroatoms. The molecular weight excluding hydrogens is 365 g/mol. The summed E-state index contributed by atoms with van der Waals surface area (Å²) in [6.45, 7) is 1.18. The molecule has 3 aromatic rings. The van der Waals surface area contributed by atoms with Gasteiger partial charge in [-0.05, 0) is 30.3 Å². The second-order valence-electron chi connectivity index (χ2n) is 6.32. The molecule has 1 aromatic heterocycles. The van der Waals surface area contributed by atoms with Crippen molar-refractivity contribution in [2.45, 2.75) is 0 Å². The van der Waals surface area contributed by atoms with Gasteiger partial charge in [0.2, 0.25) is 6.79 Å². The summed E-state index contributed by atoms with van der Waals surface area (Å²) < 4.78 is 36.4. The topological polar surface area (TPSA) is 65.9 Å². The maximum absolute atomic E-state index is 14.5. The van der Waals surface area contributed by atoms with Crippen molar-refractivity contribution in [3.8, 4) is 34.4 Å². The third kappa shape index (κ3) is 2.83. The zero-order valence-corrected chi connectivity index (χ0v) is 15.0. The molecular formula is C20H16FN3O4. The van der Waals surface area contributed by atoms with Gasteiger partial charge in [-0.15, -0.1) is 0 Å². The van der Waals surface area contributed by atoms with E-state index in [1.165, 1.54) is 0 Å². The maximum Gasteiger partial charge on any atom is 0.231 e. The quantitative estimate of drug-likeness (QED) is 0.687. The number of rotatable bonds is 3. The summed E-state index contributed by atoms with van der Waals surface area (Å²) >= 11 is 0. The van der Waals surface area contributed by atoms with Gasteiger partial charge in [0.1, 0.15) is 13.2 Å². The molecule has 2 aliphatic rings. The van der Waals surface area contributed by atoms with E-state index in [2.05, 4.69) is 9.97 Å². The third-order valence-corrected chi connectivity index (χ3v) is 4.59. The molecule has 0 aliphatic carbocycles. The molecule has 5 rings (SSSR count). The molecule has 0 unspecified atom stereocenters. The van der Waals surface area contributed by atoms with E-state index >= 15 is 0 Å². The first-order valence-electron chi connectivity index (χ1n) is 8.75. The highest BCUT2D eigenvalue weighted by Gasteiger charge is 2.19. The van der Waals surface area contributed by atoms with E-state index in [0.29, 0.717) is 47.6 Å². The van der Waals surface area contributed by atoms with Gasteiger partial charge in [-0.2, -0.15) is 0 Å². The molecule has 0 saturated heterocycles. The first kappa shape index (κ1) is 16.6. The maximum atomic E-state index is 14.5. The second kappa shape index (κ2) is 6.56. The van der Waals surface area contributed by atoms with Crippen molar-refractivity contribution >= 4 is 11.5 Å². The Balaban J connectivity index is 1.50. The smallest absolute Gasteiger partial charge is 0.231 e. The molecule has 3 heterocycles. The molecule has 0 N–H and O–H groups in total. The van der Waals surface area contributed by atoms with E-state index < -0.39 is 5.82 Å². The van der Waals surface area contributed by atoms with Crippen LogP contribution >= 0.6 is 0 Å². The monoisotopic (exact) mass is 381 g/mol. The van der Waals surface area contributed by atoms with E-state index in [9.17, 15) is 4.39 Å². The van der Waals surface area contributed by atoms with Crippen LogP contribution in [0.15, 0.2) is 42.6 Å². The Morgan fingerprint density at radius 3 is 2.50 bits per heavy atom. The molecule has 2 aromatic carbocycles. The van der Waals surface area contributed by atoms with E-state index in [-0.39, 0.29) is 12.6 Å². The molecule has 28 heavy (non-hydrogen) atoms. The van der Waals surface area contributed by atoms with Gasteiger partial charge in [0.05, 0.1) is 6.20 Å². The summed E-state index contributed by atoms with van der Waals surface area (Å²) in [7, 11) is 1.74. The molecule has 2 aliphatic heterocycles. The predicted molar refractivity (Wildman–Crippen MR) is 99.0 cm³/mol. The number of benzene rings is 2. The van der Waals surface area contributed by atoms with Crippen molar-refractivity contribution < 1.29 is 23.3 Å². The average Bonchev–Trinajstić information content (AvgIpc) is 3.21. The minimum Gasteiger partial charge on any atom is -0.486 e. The molecule has 0 radical (unpaired) electrons. The SMILES string of the molecule is CN(c1ccc2c(c1)OCCO2)c1nc(-c2ccc3c(c2)OCO3)ncc1F. The Labute approximate surface area is 160 Å². The minimum absolute atomic E-state index is 0.152. The lowest BCUT2D eigenvalue weighted by molar-refractivity contribution is 0.171. The van der Waals surface area contributed by atoms with Gasteiger partial charge >= 0.3 is 0 Å². The fourth-order valence-corrected chi connectivity index (χ4v) is 3.13. The van der Waals surface area contributed by atoms with Crippen LogP contribution in [-0.4, -0.2) is 37.0 Å². The van der Waals surface area contributed by atoms with Crippen LogP contribution in [0.5, 0.6) is 23.0 Å². The summed E-state index contributed by atoms with van der Waals surface area (Å²) in [6, 6.07) is 10.8. The van der Waals surface area contributed by atoms with E-state index in [4.69, 9.17) is 18.9 Å². The summed E-state index contributed by atoms with van der Waals surface area (Å²) in [6.07, 6.45) is 1.16. The van der Waals surface area contributed by atoms with Crippen LogP contribution < -0.4 is 23.8 Å². The number of hydrogen-bond donors (Lipinski definition) is 0. The van der Waals surface area contributed by atoms with Crippen LogP contribution in [0.25, 0.3) is 11.4 Å². The van der Waals surface area contributed by atoms with Gasteiger partial charge in [0, 0.05) is 24.4 Å². The van der Waals surface area contributed by atoms with Crippen molar-refractivity contribution in [2.75, 3.05) is 32.0 Å². The number of anilines is 2. The van der Waals surface area contributed by atoms with Crippen molar-refractivity contribution in [2.24, 2.45) is 0 Å². The number of halogens is 1. The molecule has 0 spiro atoms. The van der Waals surface area contributed by atoms with Crippen LogP contribution in [-0.2, 0) is 0 Å². The van der Waals surface area contributed by atoms with Gasteiger partial charge in [0.15, 0.2) is 40.5 Å². The number of ether oxygens (including phenoxy) is 4. The Kier molecular flexibility index (Phi) is 3.89. The number of hydrogen-bond acceptors (Lipinski definition) is 7. The van der Waals surface area contributed by atoms with Gasteiger partial charge in [-0.25, -0.2) is 14.4 Å². The summed E-state index contributed by atoms with van der Waals surface area (Å²) in [5, 5.41) is 0. The lowest BCUT2D eigenvalue weighted by atomic mass is 10.2. The van der Waals surface area contributed by atoms with E-state index in [0.717, 1.165) is 11.9 Å². The van der Waals surface area contributed by atoms with Crippen LogP contribution in [0.1, 0.15) is 0 Å². The van der Waals surface area contributed by atoms with Gasteiger partial charge in [-0.1, -0.05) is 0 Å². The van der Waals surface area contributed by atoms with Gasteiger partial charge in [0.25, 0.3) is 0 Å². The van der Waals surface area contributed by atoms with Crippen LogP contribution in [0.4, 0.5) is 15.9 Å². The van der Waals surface area contributed by atoms with Crippen molar-refractivity contribution in [1.29, 1.82) is 0 Å². The van der Waals surface area contributed by atoms with E-state index in [1.807, 2.05) is 12.1 Å². The molecule has 7 nitrogen and oxygen atoms in total. The van der Waals surface area contributed by atoms with Gasteiger partial charge in [-0.3, -0.25) is 0 Å². The molecule has 142 valence electrons. The number of nitrogens with zero attached hydrogens (tertiary/aromatic N) is 3. The lowest BCUT2D eigenvalue weighted by Crippen LogP contribution is -2.17. The van der Waals surface area contributed by atoms with E-state index in [1.54, 1.807) is 36.2 Å². The molecule has 0 bridgehead atoms. The van der Waals surface area contributed by atoms with Crippen LogP contribution in [0.3, 0.4) is 0 Å². The Hall–Kier alpha value is -3.55. The Morgan fingerprint density at radius 1 is 0.893 bits per heavy atom. The zero-order valence-electron chi connectivity index (χ0n) is 15.0. The Morgan fingerprint density at radius 2 is 1.61 bits per heavy atom. The molecule has 0 amide bonds. The standard InChI is InChI=1S/C20H16FN3O4/c1-24(13-3-5-15-18(9-13)26-7-6-25-15)20-14(21)10-22-19(23-20)12-2-4-16-17(8-12)28-11-27-16/h2-5,8-10H,6-7,11H2,1H3. The first-order valence-corrected chi connectivity index (χ1v) is 8.75. The second-order valence-corrected chi connectivity index (χ2v) is 6.32. The highest BCUT2D eigenvalue weighted by Crippen LogP contribution is 2.37. The molecule has 0 saturated carbocycles. The fraction of sp³-hybridized carbons (Fsp3) is 0.200. The molecule has 0 fully saturated rings. The van der Waals surface area contributed by atoms with Crippen LogP contribution in [0.2, 0.25) is 0 Å². The number of aromatic nitrogens is 2. The predicted octanol–water partition coefficient (Wildman–Crippen LogP) is 3.55. The average molecular weight is 381 g/mol. The minimum atomic E-state index is -0.526. The third-order valence-electron chi connectivity index (χ3n) is 4.59. The van der Waals surface area contributed by atoms with Crippen molar-refractivity contribution in [3.05, 3.63) is 48.4 Å². The summed E-state index contributed by atoms with van der Waals surface area (Å²) in [4.78, 5) is 10.2. The summed E-state index contributed by atoms with van der Waals surface area (Å²) in [5.74, 6) is 2.60. The molecule has 0 atom stereocenters. The van der Waals surface area contributed by atoms with Gasteiger partial charge < -0.3 is 23.8 Å². The highest BCUT2D eigenvalue weighted by molar-refractivity contribution is 5.67. The zero-order chi connectivity index (χ0) is 19.1. The van der Waals surface area contributed by atoms with Crippen molar-refractivity contribution in [3.63, 3.8) is 0 Å². The number of fused-ring (bicyclic) bond motifs is 2. The van der Waals surface area contributed by atoms with Crippen molar-refractivity contribution in [1.82, 2.24) is 9.97 Å². The fourth-order valence-electron chi connectivity index (χ4n) is 3.13.